The van der Waals surface area contributed by atoms with Gasteiger partial charge in [-0.25, -0.2) is 9.59 Å². The van der Waals surface area contributed by atoms with Gasteiger partial charge in [0.05, 0.1) is 17.7 Å². The molecule has 0 amide bonds. The SMILES string of the molecule is CCCCCCCCCCOc1ccc(C(=O)Oc2ccc(OC(=O)c3ccc(C=O)cc3)cc2)cc1. The Morgan fingerprint density at radius 1 is 0.595 bits per heavy atom. The van der Waals surface area contributed by atoms with Gasteiger partial charge in [0, 0.05) is 5.56 Å². The van der Waals surface area contributed by atoms with Gasteiger partial charge in [-0.3, -0.25) is 4.79 Å². The summed E-state index contributed by atoms with van der Waals surface area (Å²) in [5, 5.41) is 0. The van der Waals surface area contributed by atoms with Crippen molar-refractivity contribution in [2.45, 2.75) is 58.3 Å². The fourth-order valence-electron chi connectivity index (χ4n) is 3.72. The van der Waals surface area contributed by atoms with E-state index in [-0.39, 0.29) is 0 Å². The van der Waals surface area contributed by atoms with Gasteiger partial charge in [-0.05, 0) is 67.1 Å². The second-order valence-electron chi connectivity index (χ2n) is 8.84. The van der Waals surface area contributed by atoms with Crippen LogP contribution in [0.1, 0.15) is 89.4 Å². The number of benzene rings is 3. The number of hydrogen-bond donors (Lipinski definition) is 0. The molecule has 0 unspecified atom stereocenters. The highest BCUT2D eigenvalue weighted by Gasteiger charge is 2.11. The summed E-state index contributed by atoms with van der Waals surface area (Å²) in [4.78, 5) is 35.4. The number of ether oxygens (including phenoxy) is 3. The molecule has 0 spiro atoms. The predicted molar refractivity (Wildman–Crippen MR) is 143 cm³/mol. The van der Waals surface area contributed by atoms with E-state index < -0.39 is 11.9 Å². The van der Waals surface area contributed by atoms with Gasteiger partial charge in [0.1, 0.15) is 23.5 Å². The molecule has 0 saturated heterocycles. The Bertz CT molecular complexity index is 1120. The smallest absolute Gasteiger partial charge is 0.343 e. The van der Waals surface area contributed by atoms with E-state index in [2.05, 4.69) is 6.92 Å². The molecule has 6 nitrogen and oxygen atoms in total. The first-order valence-corrected chi connectivity index (χ1v) is 12.9. The fourth-order valence-corrected chi connectivity index (χ4v) is 3.72. The Morgan fingerprint density at radius 2 is 1.03 bits per heavy atom. The van der Waals surface area contributed by atoms with Crippen LogP contribution < -0.4 is 14.2 Å². The average molecular weight is 503 g/mol. The highest BCUT2D eigenvalue weighted by Crippen LogP contribution is 2.21. The van der Waals surface area contributed by atoms with E-state index in [1.54, 1.807) is 60.7 Å². The molecule has 0 aliphatic heterocycles. The van der Waals surface area contributed by atoms with Crippen molar-refractivity contribution in [3.05, 3.63) is 89.5 Å². The number of rotatable bonds is 15. The Labute approximate surface area is 218 Å². The van der Waals surface area contributed by atoms with E-state index >= 15 is 0 Å². The van der Waals surface area contributed by atoms with Crippen LogP contribution in [-0.4, -0.2) is 24.8 Å². The van der Waals surface area contributed by atoms with Crippen LogP contribution in [0.15, 0.2) is 72.8 Å². The summed E-state index contributed by atoms with van der Waals surface area (Å²) < 4.78 is 16.5. The van der Waals surface area contributed by atoms with Crippen LogP contribution >= 0.6 is 0 Å². The topological polar surface area (TPSA) is 78.9 Å². The van der Waals surface area contributed by atoms with Gasteiger partial charge in [0.2, 0.25) is 0 Å². The third-order valence-electron chi connectivity index (χ3n) is 5.88. The minimum atomic E-state index is -0.549. The molecule has 0 saturated carbocycles. The van der Waals surface area contributed by atoms with Gasteiger partial charge in [-0.1, -0.05) is 64.0 Å². The Balaban J connectivity index is 1.39. The quantitative estimate of drug-likeness (QED) is 0.0929. The number of esters is 2. The molecule has 3 aromatic carbocycles. The normalized spacial score (nSPS) is 10.5. The molecule has 0 atom stereocenters. The maximum absolute atomic E-state index is 12.5. The van der Waals surface area contributed by atoms with Crippen molar-refractivity contribution >= 4 is 18.2 Å². The van der Waals surface area contributed by atoms with Crippen LogP contribution in [0.4, 0.5) is 0 Å². The number of aldehydes is 1. The summed E-state index contributed by atoms with van der Waals surface area (Å²) in [7, 11) is 0. The lowest BCUT2D eigenvalue weighted by atomic mass is 10.1. The summed E-state index contributed by atoms with van der Waals surface area (Å²) in [5.41, 5.74) is 1.21. The van der Waals surface area contributed by atoms with Crippen molar-refractivity contribution in [2.24, 2.45) is 0 Å². The Hall–Kier alpha value is -3.93. The molecule has 37 heavy (non-hydrogen) atoms. The zero-order valence-corrected chi connectivity index (χ0v) is 21.3. The van der Waals surface area contributed by atoms with Crippen LogP contribution in [0.3, 0.4) is 0 Å². The Kier molecular flexibility index (Phi) is 11.4. The van der Waals surface area contributed by atoms with Crippen molar-refractivity contribution in [1.29, 1.82) is 0 Å². The van der Waals surface area contributed by atoms with E-state index in [1.165, 1.54) is 57.1 Å². The highest BCUT2D eigenvalue weighted by atomic mass is 16.5. The molecule has 0 aliphatic carbocycles. The first-order chi connectivity index (χ1) is 18.1. The number of unbranched alkanes of at least 4 members (excludes halogenated alkanes) is 7. The largest absolute Gasteiger partial charge is 0.494 e. The van der Waals surface area contributed by atoms with Crippen LogP contribution in [0, 0.1) is 0 Å². The van der Waals surface area contributed by atoms with Crippen molar-refractivity contribution < 1.29 is 28.6 Å². The molecule has 0 aliphatic rings. The number of carbonyl (C=O) groups excluding carboxylic acids is 3. The molecular weight excluding hydrogens is 468 g/mol. The van der Waals surface area contributed by atoms with Gasteiger partial charge in [0.15, 0.2) is 0 Å². The zero-order chi connectivity index (χ0) is 26.3. The lowest BCUT2D eigenvalue weighted by molar-refractivity contribution is 0.0719. The third kappa shape index (κ3) is 9.56. The predicted octanol–water partition coefficient (Wildman–Crippen LogP) is 7.46. The maximum atomic E-state index is 12.5. The molecule has 3 aromatic rings. The molecule has 0 fully saturated rings. The van der Waals surface area contributed by atoms with Crippen LogP contribution in [0.5, 0.6) is 17.2 Å². The van der Waals surface area contributed by atoms with E-state index in [0.29, 0.717) is 41.1 Å². The van der Waals surface area contributed by atoms with Gasteiger partial charge in [-0.2, -0.15) is 0 Å². The van der Waals surface area contributed by atoms with E-state index in [4.69, 9.17) is 14.2 Å². The number of hydrogen-bond acceptors (Lipinski definition) is 6. The van der Waals surface area contributed by atoms with Crippen molar-refractivity contribution in [3.63, 3.8) is 0 Å². The van der Waals surface area contributed by atoms with Crippen molar-refractivity contribution in [1.82, 2.24) is 0 Å². The molecular formula is C31H34O6. The number of carbonyl (C=O) groups is 3. The summed E-state index contributed by atoms with van der Waals surface area (Å²) in [6.45, 7) is 2.90. The van der Waals surface area contributed by atoms with E-state index in [0.717, 1.165) is 12.2 Å². The summed E-state index contributed by atoms with van der Waals surface area (Å²) >= 11 is 0. The van der Waals surface area contributed by atoms with Crippen LogP contribution in [0.2, 0.25) is 0 Å². The van der Waals surface area contributed by atoms with Crippen molar-refractivity contribution in [2.75, 3.05) is 6.61 Å². The molecule has 0 bridgehead atoms. The molecule has 3 rings (SSSR count). The van der Waals surface area contributed by atoms with Crippen LogP contribution in [-0.2, 0) is 0 Å². The summed E-state index contributed by atoms with van der Waals surface area (Å²) in [5.74, 6) is 0.324. The maximum Gasteiger partial charge on any atom is 0.343 e. The fraction of sp³-hybridized carbons (Fsp3) is 0.323. The molecule has 194 valence electrons. The lowest BCUT2D eigenvalue weighted by Crippen LogP contribution is -2.09. The van der Waals surface area contributed by atoms with Gasteiger partial charge in [0.25, 0.3) is 0 Å². The molecule has 0 radical (unpaired) electrons. The minimum absolute atomic E-state index is 0.308. The van der Waals surface area contributed by atoms with E-state index in [1.807, 2.05) is 0 Å². The second-order valence-corrected chi connectivity index (χ2v) is 8.84. The van der Waals surface area contributed by atoms with Crippen LogP contribution in [0.25, 0.3) is 0 Å². The average Bonchev–Trinajstić information content (AvgIpc) is 2.93. The molecule has 0 aromatic heterocycles. The third-order valence-corrected chi connectivity index (χ3v) is 5.88. The zero-order valence-electron chi connectivity index (χ0n) is 21.3. The molecule has 6 heteroatoms. The van der Waals surface area contributed by atoms with Gasteiger partial charge < -0.3 is 14.2 Å². The first-order valence-electron chi connectivity index (χ1n) is 12.9. The monoisotopic (exact) mass is 502 g/mol. The molecule has 0 N–H and O–H groups in total. The van der Waals surface area contributed by atoms with Gasteiger partial charge in [-0.15, -0.1) is 0 Å². The Morgan fingerprint density at radius 3 is 1.51 bits per heavy atom. The lowest BCUT2D eigenvalue weighted by Gasteiger charge is -2.08. The standard InChI is InChI=1S/C31H34O6/c1-2-3-4-5-6-7-8-9-22-35-27-16-14-26(15-17-27)31(34)37-29-20-18-28(19-21-29)36-30(33)25-12-10-24(23-32)11-13-25/h10-21,23H,2-9,22H2,1H3. The summed E-state index contributed by atoms with van der Waals surface area (Å²) in [6.07, 6.45) is 10.7. The summed E-state index contributed by atoms with van der Waals surface area (Å²) in [6, 6.07) is 19.2. The van der Waals surface area contributed by atoms with E-state index in [9.17, 15) is 14.4 Å². The highest BCUT2D eigenvalue weighted by molar-refractivity contribution is 5.92. The van der Waals surface area contributed by atoms with Crippen molar-refractivity contribution in [3.8, 4) is 17.2 Å². The minimum Gasteiger partial charge on any atom is -0.494 e. The second kappa shape index (κ2) is 15.2. The van der Waals surface area contributed by atoms with Gasteiger partial charge >= 0.3 is 11.9 Å². The molecule has 0 heterocycles. The first kappa shape index (κ1) is 27.7.